The van der Waals surface area contributed by atoms with Crippen molar-refractivity contribution in [2.75, 3.05) is 0 Å². The van der Waals surface area contributed by atoms with E-state index in [2.05, 4.69) is 0 Å². The molecule has 0 spiro atoms. The van der Waals surface area contributed by atoms with Crippen LogP contribution >= 0.6 is 58.2 Å². The molecule has 0 aromatic heterocycles. The summed E-state index contributed by atoms with van der Waals surface area (Å²) in [5, 5.41) is 0.698. The predicted molar refractivity (Wildman–Crippen MR) is 62.4 cm³/mol. The largest absolute Gasteiger partial charge is 0.133 e. The van der Waals surface area contributed by atoms with Crippen LogP contribution in [0, 0.1) is 0 Å². The van der Waals surface area contributed by atoms with Crippen molar-refractivity contribution >= 4 is 58.2 Å². The zero-order valence-electron chi connectivity index (χ0n) is 6.38. The van der Waals surface area contributed by atoms with E-state index >= 15 is 0 Å². The quantitative estimate of drug-likeness (QED) is 0.564. The van der Waals surface area contributed by atoms with E-state index in [0.29, 0.717) is 5.02 Å². The smallest absolute Gasteiger partial charge is 0.108 e. The monoisotopic (exact) mass is 274 g/mol. The van der Waals surface area contributed by atoms with Crippen LogP contribution in [0.2, 0.25) is 5.02 Å². The molecule has 1 rings (SSSR count). The van der Waals surface area contributed by atoms with Gasteiger partial charge in [-0.15, -0.1) is 46.6 Å². The van der Waals surface area contributed by atoms with Crippen LogP contribution in [-0.4, -0.2) is 9.55 Å². The van der Waals surface area contributed by atoms with Crippen molar-refractivity contribution in [1.29, 1.82) is 0 Å². The van der Waals surface area contributed by atoms with Crippen LogP contribution in [0.3, 0.4) is 0 Å². The molecule has 1 unspecified atom stereocenters. The highest BCUT2D eigenvalue weighted by Gasteiger charge is 2.14. The van der Waals surface area contributed by atoms with Crippen LogP contribution in [0.15, 0.2) is 29.2 Å². The van der Waals surface area contributed by atoms with E-state index in [4.69, 9.17) is 46.4 Å². The highest BCUT2D eigenvalue weighted by molar-refractivity contribution is 8.01. The Morgan fingerprint density at radius 2 is 1.54 bits per heavy atom. The number of alkyl halides is 3. The zero-order chi connectivity index (χ0) is 9.84. The second kappa shape index (κ2) is 5.57. The molecule has 0 radical (unpaired) electrons. The Morgan fingerprint density at radius 1 is 1.00 bits per heavy atom. The molecule has 0 bridgehead atoms. The van der Waals surface area contributed by atoms with E-state index < -0.39 is 4.84 Å². The van der Waals surface area contributed by atoms with E-state index in [1.54, 1.807) is 12.1 Å². The molecule has 72 valence electrons. The summed E-state index contributed by atoms with van der Waals surface area (Å²) in [5.41, 5.74) is 0. The molecule has 0 aliphatic carbocycles. The number of hydrogen-bond donors (Lipinski definition) is 0. The van der Waals surface area contributed by atoms with Crippen LogP contribution in [0.1, 0.15) is 0 Å². The topological polar surface area (TPSA) is 0 Å². The molecule has 13 heavy (non-hydrogen) atoms. The Bertz CT molecular complexity index is 259. The van der Waals surface area contributed by atoms with Gasteiger partial charge in [0.2, 0.25) is 0 Å². The van der Waals surface area contributed by atoms with E-state index in [1.807, 2.05) is 12.1 Å². The molecule has 0 heterocycles. The second-order valence-corrected chi connectivity index (χ2v) is 5.80. The molecule has 0 amide bonds. The molecule has 5 heteroatoms. The minimum absolute atomic E-state index is 0.343. The fraction of sp³-hybridized carbons (Fsp3) is 0.250. The molecule has 0 saturated heterocycles. The number of hydrogen-bond acceptors (Lipinski definition) is 1. The Morgan fingerprint density at radius 3 is 2.00 bits per heavy atom. The van der Waals surface area contributed by atoms with Gasteiger partial charge in [0, 0.05) is 9.92 Å². The summed E-state index contributed by atoms with van der Waals surface area (Å²) in [4.78, 5) is 0.415. The van der Waals surface area contributed by atoms with Crippen molar-refractivity contribution in [3.63, 3.8) is 0 Å². The maximum Gasteiger partial charge on any atom is 0.133 e. The highest BCUT2D eigenvalue weighted by Crippen LogP contribution is 2.32. The maximum atomic E-state index is 5.86. The summed E-state index contributed by atoms with van der Waals surface area (Å²) in [6.07, 6.45) is 0. The third kappa shape index (κ3) is 4.18. The molecule has 0 N–H and O–H groups in total. The van der Waals surface area contributed by atoms with Gasteiger partial charge in [0.1, 0.15) is 9.55 Å². The molecule has 0 nitrogen and oxygen atoms in total. The van der Waals surface area contributed by atoms with Gasteiger partial charge in [0.25, 0.3) is 0 Å². The van der Waals surface area contributed by atoms with E-state index in [-0.39, 0.29) is 4.71 Å². The summed E-state index contributed by atoms with van der Waals surface area (Å²) in [5.74, 6) is 0. The van der Waals surface area contributed by atoms with Crippen molar-refractivity contribution in [3.05, 3.63) is 29.3 Å². The van der Waals surface area contributed by atoms with E-state index in [0.717, 1.165) is 4.90 Å². The molecule has 0 saturated carbocycles. The number of benzene rings is 1. The molecule has 1 aromatic carbocycles. The van der Waals surface area contributed by atoms with Crippen molar-refractivity contribution in [2.45, 2.75) is 14.4 Å². The van der Waals surface area contributed by atoms with Crippen molar-refractivity contribution < 1.29 is 0 Å². The normalized spacial score (nSPS) is 13.3. The van der Waals surface area contributed by atoms with Crippen LogP contribution < -0.4 is 0 Å². The second-order valence-electron chi connectivity index (χ2n) is 2.26. The van der Waals surface area contributed by atoms with Crippen molar-refractivity contribution in [3.8, 4) is 0 Å². The summed E-state index contributed by atoms with van der Waals surface area (Å²) in [6, 6.07) is 7.34. The lowest BCUT2D eigenvalue weighted by molar-refractivity contribution is 1.29. The molecule has 0 aliphatic heterocycles. The Kier molecular flexibility index (Phi) is 5.06. The summed E-state index contributed by atoms with van der Waals surface area (Å²) in [7, 11) is 0. The predicted octanol–water partition coefficient (Wildman–Crippen LogP) is 4.80. The first-order valence-electron chi connectivity index (χ1n) is 3.44. The first-order valence-corrected chi connectivity index (χ1v) is 6.01. The standard InChI is InChI=1S/C8H6Cl4S/c9-5-1-3-6(4-2-5)13-8(12)7(10)11/h1-4,7-8H. The molecular weight excluding hydrogens is 270 g/mol. The minimum atomic E-state index is -0.581. The lowest BCUT2D eigenvalue weighted by atomic mass is 10.4. The van der Waals surface area contributed by atoms with Gasteiger partial charge in [0.05, 0.1) is 0 Å². The number of rotatable bonds is 3. The Balaban J connectivity index is 2.59. The fourth-order valence-electron chi connectivity index (χ4n) is 0.695. The van der Waals surface area contributed by atoms with E-state index in [9.17, 15) is 0 Å². The number of thioether (sulfide) groups is 1. The first kappa shape index (κ1) is 11.8. The molecule has 1 atom stereocenters. The molecular formula is C8H6Cl4S. The van der Waals surface area contributed by atoms with Crippen molar-refractivity contribution in [1.82, 2.24) is 0 Å². The lowest BCUT2D eigenvalue weighted by Gasteiger charge is -2.08. The van der Waals surface area contributed by atoms with Crippen LogP contribution in [0.4, 0.5) is 0 Å². The van der Waals surface area contributed by atoms with Crippen LogP contribution in [-0.2, 0) is 0 Å². The van der Waals surface area contributed by atoms with Crippen molar-refractivity contribution in [2.24, 2.45) is 0 Å². The average molecular weight is 276 g/mol. The van der Waals surface area contributed by atoms with Gasteiger partial charge in [0.15, 0.2) is 0 Å². The van der Waals surface area contributed by atoms with E-state index in [1.165, 1.54) is 11.8 Å². The molecule has 0 aliphatic rings. The summed E-state index contributed by atoms with van der Waals surface area (Å²) in [6.45, 7) is 0. The van der Waals surface area contributed by atoms with Crippen LogP contribution in [0.25, 0.3) is 0 Å². The van der Waals surface area contributed by atoms with Gasteiger partial charge in [-0.3, -0.25) is 0 Å². The first-order chi connectivity index (χ1) is 6.09. The SMILES string of the molecule is Clc1ccc(SC(Cl)C(Cl)Cl)cc1. The fourth-order valence-corrected chi connectivity index (χ4v) is 2.09. The third-order valence-electron chi connectivity index (χ3n) is 1.26. The minimum Gasteiger partial charge on any atom is -0.108 e. The van der Waals surface area contributed by atoms with Gasteiger partial charge >= 0.3 is 0 Å². The molecule has 1 aromatic rings. The van der Waals surface area contributed by atoms with Gasteiger partial charge < -0.3 is 0 Å². The van der Waals surface area contributed by atoms with Crippen LogP contribution in [0.5, 0.6) is 0 Å². The lowest BCUT2D eigenvalue weighted by Crippen LogP contribution is -2.02. The zero-order valence-corrected chi connectivity index (χ0v) is 10.2. The van der Waals surface area contributed by atoms with Gasteiger partial charge in [-0.25, -0.2) is 0 Å². The Labute approximate surface area is 101 Å². The summed E-state index contributed by atoms with van der Waals surface area (Å²) >= 11 is 24.2. The summed E-state index contributed by atoms with van der Waals surface area (Å²) < 4.78 is -0.343. The maximum absolute atomic E-state index is 5.86. The highest BCUT2D eigenvalue weighted by atomic mass is 35.5. The molecule has 0 fully saturated rings. The van der Waals surface area contributed by atoms with Gasteiger partial charge in [-0.05, 0) is 24.3 Å². The average Bonchev–Trinajstić information content (AvgIpc) is 2.08. The third-order valence-corrected chi connectivity index (χ3v) is 4.13. The Hall–Kier alpha value is 0.730. The number of halogens is 4. The van der Waals surface area contributed by atoms with Gasteiger partial charge in [-0.2, -0.15) is 0 Å². The van der Waals surface area contributed by atoms with Gasteiger partial charge in [-0.1, -0.05) is 11.6 Å².